The number of hydrogen-bond donors (Lipinski definition) is 0. The van der Waals surface area contributed by atoms with Crippen molar-refractivity contribution in [2.75, 3.05) is 14.7 Å². The minimum atomic E-state index is -0.573. The number of fused-ring (bicyclic) bond motifs is 10. The largest absolute Gasteiger partial charge is 0.311 e. The number of nitrogens with zero attached hydrogens (tertiary/aromatic N) is 4. The molecule has 0 N–H and O–H groups in total. The quantitative estimate of drug-likeness (QED) is 0.141. The molecule has 0 unspecified atom stereocenters. The standard InChI is InChI=1S/C75H53BN4/c1-50-23-21-24-51(2)74(50)80-67-37-19-16-34-61(67)62-47-56(43-46-68(62)80)78-69-38-20-18-36-65(69)76-66-45-42-58(77(54-29-11-5-12-30-54)55-31-13-6-14-32-55)49-72(66)79(71-40-22-39-70(78)73(71)76)57-41-44-60-59-33-15-17-35-63(59)75(64(60)48-57,52-25-7-3-8-26-52)53-27-9-4-10-28-53/h3-49H,1-2H3. The third-order valence-electron chi connectivity index (χ3n) is 17.4. The van der Waals surface area contributed by atoms with Gasteiger partial charge in [0.25, 0.3) is 6.71 Å². The van der Waals surface area contributed by atoms with Gasteiger partial charge in [-0.3, -0.25) is 0 Å². The Labute approximate surface area is 467 Å². The topological polar surface area (TPSA) is 14.7 Å². The normalized spacial score (nSPS) is 13.4. The highest BCUT2D eigenvalue weighted by atomic mass is 15.2. The molecule has 0 bridgehead atoms. The summed E-state index contributed by atoms with van der Waals surface area (Å²) >= 11 is 0. The molecule has 3 aliphatic rings. The van der Waals surface area contributed by atoms with Crippen molar-refractivity contribution >= 4 is 96.1 Å². The number of aryl methyl sites for hydroxylation is 2. The Bertz CT molecular complexity index is 4490. The summed E-state index contributed by atoms with van der Waals surface area (Å²) in [6.45, 7) is 4.40. The molecule has 1 aromatic heterocycles. The molecule has 0 atom stereocenters. The highest BCUT2D eigenvalue weighted by Gasteiger charge is 2.48. The smallest absolute Gasteiger partial charge is 0.252 e. The van der Waals surface area contributed by atoms with Crippen LogP contribution in [0.5, 0.6) is 0 Å². The van der Waals surface area contributed by atoms with Crippen molar-refractivity contribution < 1.29 is 0 Å². The van der Waals surface area contributed by atoms with E-state index < -0.39 is 5.41 Å². The molecule has 376 valence electrons. The third-order valence-corrected chi connectivity index (χ3v) is 17.4. The van der Waals surface area contributed by atoms with Crippen LogP contribution in [0.4, 0.5) is 51.2 Å². The average Bonchev–Trinajstić information content (AvgIpc) is 4.15. The Morgan fingerprint density at radius 2 is 0.875 bits per heavy atom. The molecule has 0 saturated heterocycles. The van der Waals surface area contributed by atoms with Gasteiger partial charge in [0, 0.05) is 62.0 Å². The molecule has 0 amide bonds. The van der Waals surface area contributed by atoms with E-state index >= 15 is 0 Å². The Kier molecular flexibility index (Phi) is 10.4. The van der Waals surface area contributed by atoms with Crippen LogP contribution in [-0.4, -0.2) is 11.3 Å². The maximum absolute atomic E-state index is 2.58. The lowest BCUT2D eigenvalue weighted by atomic mass is 9.33. The van der Waals surface area contributed by atoms with Crippen molar-refractivity contribution in [1.29, 1.82) is 0 Å². The van der Waals surface area contributed by atoms with Crippen LogP contribution in [-0.2, 0) is 5.41 Å². The summed E-state index contributed by atoms with van der Waals surface area (Å²) in [7, 11) is 0. The number of rotatable bonds is 8. The predicted molar refractivity (Wildman–Crippen MR) is 336 cm³/mol. The minimum absolute atomic E-state index is 0.0584. The second-order valence-electron chi connectivity index (χ2n) is 21.7. The maximum Gasteiger partial charge on any atom is 0.252 e. The van der Waals surface area contributed by atoms with Gasteiger partial charge in [-0.25, -0.2) is 0 Å². The first-order chi connectivity index (χ1) is 39.6. The summed E-state index contributed by atoms with van der Waals surface area (Å²) in [5.74, 6) is 0. The van der Waals surface area contributed by atoms with E-state index in [0.29, 0.717) is 0 Å². The Hall–Kier alpha value is -10.1. The molecule has 0 spiro atoms. The van der Waals surface area contributed by atoms with E-state index in [-0.39, 0.29) is 6.71 Å². The Morgan fingerprint density at radius 1 is 0.350 bits per heavy atom. The van der Waals surface area contributed by atoms with Crippen molar-refractivity contribution in [2.24, 2.45) is 0 Å². The van der Waals surface area contributed by atoms with Crippen LogP contribution in [0.2, 0.25) is 0 Å². The molecule has 4 nitrogen and oxygen atoms in total. The van der Waals surface area contributed by atoms with Crippen LogP contribution in [0, 0.1) is 13.8 Å². The van der Waals surface area contributed by atoms with Gasteiger partial charge < -0.3 is 19.3 Å². The number of benzene rings is 12. The molecule has 1 aliphatic carbocycles. The first-order valence-corrected chi connectivity index (χ1v) is 27.9. The zero-order valence-corrected chi connectivity index (χ0v) is 44.5. The molecule has 80 heavy (non-hydrogen) atoms. The monoisotopic (exact) mass is 1020 g/mol. The SMILES string of the molecule is Cc1cccc(C)c1-n1c2ccccc2c2cc(N3c4ccccc4B4c5ccc(N(c6ccccc6)c6ccccc6)cc5N(c5ccc6c(c5)C(c5ccccc5)(c5ccccc5)c5ccccc5-6)c5cccc3c54)ccc21. The summed E-state index contributed by atoms with van der Waals surface area (Å²) < 4.78 is 2.48. The van der Waals surface area contributed by atoms with Crippen molar-refractivity contribution in [2.45, 2.75) is 19.3 Å². The van der Waals surface area contributed by atoms with Crippen molar-refractivity contribution in [3.63, 3.8) is 0 Å². The number of para-hydroxylation sites is 5. The van der Waals surface area contributed by atoms with Crippen LogP contribution >= 0.6 is 0 Å². The average molecular weight is 1020 g/mol. The highest BCUT2D eigenvalue weighted by Crippen LogP contribution is 2.58. The third kappa shape index (κ3) is 6.64. The van der Waals surface area contributed by atoms with Crippen molar-refractivity contribution in [3.05, 3.63) is 318 Å². The van der Waals surface area contributed by atoms with E-state index in [9.17, 15) is 0 Å². The van der Waals surface area contributed by atoms with Gasteiger partial charge in [0.05, 0.1) is 22.1 Å². The van der Waals surface area contributed by atoms with Gasteiger partial charge in [0.2, 0.25) is 0 Å². The van der Waals surface area contributed by atoms with E-state index in [2.05, 4.69) is 318 Å². The van der Waals surface area contributed by atoms with Gasteiger partial charge in [0.1, 0.15) is 0 Å². The van der Waals surface area contributed by atoms with Gasteiger partial charge >= 0.3 is 0 Å². The predicted octanol–water partition coefficient (Wildman–Crippen LogP) is 17.3. The zero-order valence-electron chi connectivity index (χ0n) is 44.5. The van der Waals surface area contributed by atoms with Gasteiger partial charge in [-0.05, 0) is 166 Å². The van der Waals surface area contributed by atoms with Crippen molar-refractivity contribution in [3.8, 4) is 16.8 Å². The van der Waals surface area contributed by atoms with Gasteiger partial charge in [-0.1, -0.05) is 194 Å². The molecule has 12 aromatic carbocycles. The summed E-state index contributed by atoms with van der Waals surface area (Å²) in [5, 5.41) is 2.47. The molecule has 0 radical (unpaired) electrons. The summed E-state index contributed by atoms with van der Waals surface area (Å²) in [6.07, 6.45) is 0. The van der Waals surface area contributed by atoms with Gasteiger partial charge in [-0.15, -0.1) is 0 Å². The van der Waals surface area contributed by atoms with E-state index in [1.54, 1.807) is 0 Å². The molecular weight excluding hydrogens is 968 g/mol. The molecule has 5 heteroatoms. The van der Waals surface area contributed by atoms with E-state index in [1.165, 1.54) is 99.8 Å². The van der Waals surface area contributed by atoms with E-state index in [0.717, 1.165) is 39.8 Å². The van der Waals surface area contributed by atoms with Crippen LogP contribution in [0.15, 0.2) is 285 Å². The van der Waals surface area contributed by atoms with Crippen LogP contribution < -0.4 is 31.1 Å². The molecule has 3 heterocycles. The zero-order chi connectivity index (χ0) is 53.1. The van der Waals surface area contributed by atoms with Crippen LogP contribution in [0.1, 0.15) is 33.4 Å². The number of aromatic nitrogens is 1. The fourth-order valence-electron chi connectivity index (χ4n) is 14.2. The van der Waals surface area contributed by atoms with Crippen molar-refractivity contribution in [1.82, 2.24) is 4.57 Å². The van der Waals surface area contributed by atoms with E-state index in [4.69, 9.17) is 0 Å². The molecule has 13 aromatic rings. The van der Waals surface area contributed by atoms with Crippen LogP contribution in [0.25, 0.3) is 38.6 Å². The summed E-state index contributed by atoms with van der Waals surface area (Å²) in [4.78, 5) is 7.51. The van der Waals surface area contributed by atoms with Gasteiger partial charge in [-0.2, -0.15) is 0 Å². The molecule has 0 saturated carbocycles. The molecule has 0 fully saturated rings. The first-order valence-electron chi connectivity index (χ1n) is 27.9. The lowest BCUT2D eigenvalue weighted by Gasteiger charge is -2.44. The number of hydrogen-bond acceptors (Lipinski definition) is 3. The molecule has 16 rings (SSSR count). The lowest BCUT2D eigenvalue weighted by Crippen LogP contribution is -2.61. The Balaban J connectivity index is 0.958. The second-order valence-corrected chi connectivity index (χ2v) is 21.7. The summed E-state index contributed by atoms with van der Waals surface area (Å²) in [5.41, 5.74) is 27.2. The fraction of sp³-hybridized carbons (Fsp3) is 0.0400. The minimum Gasteiger partial charge on any atom is -0.311 e. The van der Waals surface area contributed by atoms with Crippen LogP contribution in [0.3, 0.4) is 0 Å². The Morgan fingerprint density at radius 3 is 1.59 bits per heavy atom. The summed E-state index contributed by atoms with van der Waals surface area (Å²) in [6, 6.07) is 106. The molecule has 2 aliphatic heterocycles. The van der Waals surface area contributed by atoms with E-state index in [1.807, 2.05) is 0 Å². The van der Waals surface area contributed by atoms with Gasteiger partial charge in [0.15, 0.2) is 0 Å². The highest BCUT2D eigenvalue weighted by molar-refractivity contribution is 7.00. The second kappa shape index (κ2) is 18.0. The maximum atomic E-state index is 2.58. The first kappa shape index (κ1) is 46.0. The number of anilines is 9. The fourth-order valence-corrected chi connectivity index (χ4v) is 14.2. The lowest BCUT2D eigenvalue weighted by molar-refractivity contribution is 0.768. The molecular formula is C75H53BN4.